The summed E-state index contributed by atoms with van der Waals surface area (Å²) in [6.45, 7) is 1.86. The number of oxime groups is 1. The van der Waals surface area contributed by atoms with Crippen molar-refractivity contribution in [2.24, 2.45) is 10.9 Å². The zero-order valence-electron chi connectivity index (χ0n) is 11.5. The highest BCUT2D eigenvalue weighted by Gasteiger charge is 2.25. The molecule has 0 atom stereocenters. The molecule has 0 radical (unpaired) electrons. The van der Waals surface area contributed by atoms with Gasteiger partial charge >= 0.3 is 0 Å². The number of benzene rings is 1. The highest BCUT2D eigenvalue weighted by molar-refractivity contribution is 7.88. The second-order valence-corrected chi connectivity index (χ2v) is 7.21. The molecule has 0 unspecified atom stereocenters. The van der Waals surface area contributed by atoms with Crippen LogP contribution in [-0.4, -0.2) is 56.2 Å². The average molecular weight is 333 g/mol. The van der Waals surface area contributed by atoms with Gasteiger partial charge < -0.3 is 15.8 Å². The van der Waals surface area contributed by atoms with Gasteiger partial charge in [-0.15, -0.1) is 0 Å². The minimum Gasteiger partial charge on any atom is -0.409 e. The second kappa shape index (κ2) is 6.08. The Morgan fingerprint density at radius 2 is 1.95 bits per heavy atom. The summed E-state index contributed by atoms with van der Waals surface area (Å²) < 4.78 is 24.5. The molecule has 2 rings (SSSR count). The molecule has 116 valence electrons. The summed E-state index contributed by atoms with van der Waals surface area (Å²) in [5, 5.41) is 12.4. The summed E-state index contributed by atoms with van der Waals surface area (Å²) in [5.74, 6) is -0.0296. The first-order valence-corrected chi connectivity index (χ1v) is 8.53. The van der Waals surface area contributed by atoms with Gasteiger partial charge in [-0.2, -0.15) is 4.31 Å². The maximum Gasteiger partial charge on any atom is 0.211 e. The van der Waals surface area contributed by atoms with E-state index in [9.17, 15) is 8.42 Å². The monoisotopic (exact) mass is 332 g/mol. The van der Waals surface area contributed by atoms with Gasteiger partial charge in [0.1, 0.15) is 0 Å². The fourth-order valence-corrected chi connectivity index (χ4v) is 3.30. The molecular weight excluding hydrogens is 316 g/mol. The van der Waals surface area contributed by atoms with Crippen molar-refractivity contribution < 1.29 is 13.6 Å². The summed E-state index contributed by atoms with van der Waals surface area (Å²) in [6.07, 6.45) is 1.20. The van der Waals surface area contributed by atoms with Gasteiger partial charge in [0.05, 0.1) is 6.26 Å². The van der Waals surface area contributed by atoms with Gasteiger partial charge in [-0.3, -0.25) is 0 Å². The lowest BCUT2D eigenvalue weighted by molar-refractivity contribution is 0.318. The molecule has 7 nitrogen and oxygen atoms in total. The van der Waals surface area contributed by atoms with E-state index in [1.165, 1.54) is 10.6 Å². The molecular formula is C12H17ClN4O3S. The Bertz CT molecular complexity index is 654. The minimum atomic E-state index is -3.17. The van der Waals surface area contributed by atoms with Crippen LogP contribution in [-0.2, 0) is 10.0 Å². The molecule has 0 saturated carbocycles. The van der Waals surface area contributed by atoms with E-state index in [1.807, 2.05) is 4.90 Å². The van der Waals surface area contributed by atoms with Crippen LogP contribution in [0.25, 0.3) is 0 Å². The SMILES string of the molecule is CS(=O)(=O)N1CCN(c2ccc(Cl)cc2C(N)=NO)CC1. The maximum atomic E-state index is 11.5. The Kier molecular flexibility index (Phi) is 4.60. The predicted molar refractivity (Wildman–Crippen MR) is 82.6 cm³/mol. The maximum absolute atomic E-state index is 11.5. The Morgan fingerprint density at radius 1 is 1.33 bits per heavy atom. The predicted octanol–water partition coefficient (Wildman–Crippen LogP) is 0.516. The van der Waals surface area contributed by atoms with E-state index in [4.69, 9.17) is 22.5 Å². The summed E-state index contributed by atoms with van der Waals surface area (Å²) in [5.41, 5.74) is 6.97. The van der Waals surface area contributed by atoms with E-state index in [1.54, 1.807) is 18.2 Å². The largest absolute Gasteiger partial charge is 0.409 e. The van der Waals surface area contributed by atoms with E-state index in [2.05, 4.69) is 5.16 Å². The van der Waals surface area contributed by atoms with Crippen LogP contribution in [0.15, 0.2) is 23.4 Å². The van der Waals surface area contributed by atoms with Crippen LogP contribution in [0.3, 0.4) is 0 Å². The summed E-state index contributed by atoms with van der Waals surface area (Å²) in [7, 11) is -3.17. The summed E-state index contributed by atoms with van der Waals surface area (Å²) in [6, 6.07) is 5.12. The normalized spacial score (nSPS) is 18.0. The first kappa shape index (κ1) is 15.9. The molecule has 21 heavy (non-hydrogen) atoms. The lowest BCUT2D eigenvalue weighted by atomic mass is 10.1. The molecule has 3 N–H and O–H groups in total. The number of hydrogen-bond acceptors (Lipinski definition) is 5. The lowest BCUT2D eigenvalue weighted by Crippen LogP contribution is -2.48. The van der Waals surface area contributed by atoms with E-state index < -0.39 is 10.0 Å². The zero-order chi connectivity index (χ0) is 15.6. The second-order valence-electron chi connectivity index (χ2n) is 4.80. The van der Waals surface area contributed by atoms with Crippen molar-refractivity contribution in [2.75, 3.05) is 37.3 Å². The molecule has 9 heteroatoms. The number of halogens is 1. The molecule has 0 bridgehead atoms. The first-order valence-electron chi connectivity index (χ1n) is 6.30. The lowest BCUT2D eigenvalue weighted by Gasteiger charge is -2.35. The van der Waals surface area contributed by atoms with Gasteiger partial charge in [-0.05, 0) is 18.2 Å². The molecule has 1 saturated heterocycles. The molecule has 0 aliphatic carbocycles. The number of nitrogens with two attached hydrogens (primary N) is 1. The van der Waals surface area contributed by atoms with E-state index in [0.29, 0.717) is 36.8 Å². The van der Waals surface area contributed by atoms with Crippen LogP contribution in [0.4, 0.5) is 5.69 Å². The van der Waals surface area contributed by atoms with Crippen molar-refractivity contribution in [3.8, 4) is 0 Å². The van der Waals surface area contributed by atoms with Crippen LogP contribution >= 0.6 is 11.6 Å². The number of rotatable bonds is 3. The van der Waals surface area contributed by atoms with Gasteiger partial charge in [0.2, 0.25) is 10.0 Å². The molecule has 1 aromatic rings. The Hall–Kier alpha value is -1.51. The summed E-state index contributed by atoms with van der Waals surface area (Å²) >= 11 is 5.94. The average Bonchev–Trinajstić information content (AvgIpc) is 2.45. The number of anilines is 1. The smallest absolute Gasteiger partial charge is 0.211 e. The number of amidine groups is 1. The van der Waals surface area contributed by atoms with E-state index in [-0.39, 0.29) is 5.84 Å². The Labute approximate surface area is 128 Å². The number of piperazine rings is 1. The molecule has 1 aliphatic heterocycles. The third kappa shape index (κ3) is 3.58. The molecule has 1 fully saturated rings. The molecule has 0 spiro atoms. The Balaban J connectivity index is 2.25. The van der Waals surface area contributed by atoms with Crippen molar-refractivity contribution in [3.63, 3.8) is 0 Å². The molecule has 1 aromatic carbocycles. The van der Waals surface area contributed by atoms with Crippen LogP contribution in [0.5, 0.6) is 0 Å². The molecule has 0 amide bonds. The van der Waals surface area contributed by atoms with E-state index >= 15 is 0 Å². The Morgan fingerprint density at radius 3 is 2.48 bits per heavy atom. The fourth-order valence-electron chi connectivity index (χ4n) is 2.30. The van der Waals surface area contributed by atoms with Gasteiger partial charge in [0.15, 0.2) is 5.84 Å². The van der Waals surface area contributed by atoms with Crippen LogP contribution < -0.4 is 10.6 Å². The number of nitrogens with zero attached hydrogens (tertiary/aromatic N) is 3. The van der Waals surface area contributed by atoms with Gasteiger partial charge in [-0.1, -0.05) is 16.8 Å². The van der Waals surface area contributed by atoms with Crippen molar-refractivity contribution in [1.29, 1.82) is 0 Å². The van der Waals surface area contributed by atoms with Gasteiger partial charge in [0.25, 0.3) is 0 Å². The van der Waals surface area contributed by atoms with Crippen molar-refractivity contribution in [2.45, 2.75) is 0 Å². The topological polar surface area (TPSA) is 99.2 Å². The number of hydrogen-bond donors (Lipinski definition) is 2. The molecule has 1 heterocycles. The van der Waals surface area contributed by atoms with Crippen molar-refractivity contribution in [1.82, 2.24) is 4.31 Å². The first-order chi connectivity index (χ1) is 9.82. The third-order valence-corrected chi connectivity index (χ3v) is 4.93. The number of sulfonamides is 1. The van der Waals surface area contributed by atoms with Crippen LogP contribution in [0, 0.1) is 0 Å². The standard InChI is InChI=1S/C12H17ClN4O3S/c1-21(19,20)17-6-4-16(5-7-17)11-3-2-9(13)8-10(11)12(14)15-18/h2-3,8,18H,4-7H2,1H3,(H2,14,15). The van der Waals surface area contributed by atoms with Gasteiger partial charge in [0, 0.05) is 42.5 Å². The van der Waals surface area contributed by atoms with Crippen LogP contribution in [0.2, 0.25) is 5.02 Å². The quantitative estimate of drug-likeness (QED) is 0.364. The zero-order valence-corrected chi connectivity index (χ0v) is 13.1. The molecule has 1 aliphatic rings. The highest BCUT2D eigenvalue weighted by Crippen LogP contribution is 2.25. The fraction of sp³-hybridized carbons (Fsp3) is 0.417. The summed E-state index contributed by atoms with van der Waals surface area (Å²) in [4.78, 5) is 1.99. The molecule has 0 aromatic heterocycles. The highest BCUT2D eigenvalue weighted by atomic mass is 35.5. The van der Waals surface area contributed by atoms with Gasteiger partial charge in [-0.25, -0.2) is 8.42 Å². The minimum absolute atomic E-state index is 0.0296. The van der Waals surface area contributed by atoms with Crippen LogP contribution in [0.1, 0.15) is 5.56 Å². The van der Waals surface area contributed by atoms with E-state index in [0.717, 1.165) is 5.69 Å². The van der Waals surface area contributed by atoms with Crippen molar-refractivity contribution in [3.05, 3.63) is 28.8 Å². The van der Waals surface area contributed by atoms with Crippen molar-refractivity contribution >= 4 is 33.1 Å². The third-order valence-electron chi connectivity index (χ3n) is 3.39.